The number of hydrogen-bond acceptors (Lipinski definition) is 3. The van der Waals surface area contributed by atoms with Gasteiger partial charge in [-0.1, -0.05) is 13.3 Å². The van der Waals surface area contributed by atoms with Gasteiger partial charge in [-0.15, -0.1) is 0 Å². The van der Waals surface area contributed by atoms with Gasteiger partial charge < -0.3 is 4.74 Å². The first kappa shape index (κ1) is 11.9. The largest absolute Gasteiger partial charge is 0.465 e. The van der Waals surface area contributed by atoms with E-state index in [2.05, 4.69) is 11.8 Å². The van der Waals surface area contributed by atoms with Crippen LogP contribution in [0, 0.1) is 5.92 Å². The second-order valence-electron chi connectivity index (χ2n) is 5.09. The van der Waals surface area contributed by atoms with E-state index in [1.54, 1.807) is 0 Å². The van der Waals surface area contributed by atoms with Gasteiger partial charge in [0.2, 0.25) is 0 Å². The third-order valence-corrected chi connectivity index (χ3v) is 3.88. The molecule has 2 saturated heterocycles. The molecular weight excluding hydrogens is 202 g/mol. The number of esters is 1. The number of hydrogen-bond donors (Lipinski definition) is 0. The zero-order valence-electron chi connectivity index (χ0n) is 10.3. The van der Waals surface area contributed by atoms with Crippen LogP contribution in [0.15, 0.2) is 0 Å². The molecule has 0 saturated carbocycles. The summed E-state index contributed by atoms with van der Waals surface area (Å²) in [5.74, 6) is 0.185. The molecule has 3 heteroatoms. The summed E-state index contributed by atoms with van der Waals surface area (Å²) in [6.45, 7) is 4.84. The van der Waals surface area contributed by atoms with E-state index in [-0.39, 0.29) is 11.9 Å². The van der Waals surface area contributed by atoms with Crippen molar-refractivity contribution in [3.05, 3.63) is 0 Å². The molecule has 0 radical (unpaired) electrons. The molecule has 2 aliphatic rings. The summed E-state index contributed by atoms with van der Waals surface area (Å²) in [7, 11) is 0. The first-order chi connectivity index (χ1) is 7.81. The Hall–Kier alpha value is -0.570. The molecule has 3 nitrogen and oxygen atoms in total. The summed E-state index contributed by atoms with van der Waals surface area (Å²) in [6.07, 6.45) is 6.94. The average Bonchev–Trinajstić information content (AvgIpc) is 2.76. The highest BCUT2D eigenvalue weighted by molar-refractivity contribution is 5.72. The van der Waals surface area contributed by atoms with Crippen LogP contribution in [0.3, 0.4) is 0 Å². The van der Waals surface area contributed by atoms with E-state index < -0.39 is 0 Å². The van der Waals surface area contributed by atoms with Crippen LogP contribution in [-0.4, -0.2) is 36.6 Å². The fourth-order valence-corrected chi connectivity index (χ4v) is 2.86. The van der Waals surface area contributed by atoms with E-state index in [4.69, 9.17) is 4.74 Å². The molecule has 0 aromatic carbocycles. The van der Waals surface area contributed by atoms with E-state index in [9.17, 15) is 4.79 Å². The number of ether oxygens (including phenoxy) is 1. The average molecular weight is 225 g/mol. The lowest BCUT2D eigenvalue weighted by Crippen LogP contribution is -2.42. The van der Waals surface area contributed by atoms with Gasteiger partial charge in [0.25, 0.3) is 0 Å². The highest BCUT2D eigenvalue weighted by atomic mass is 16.5. The Balaban J connectivity index is 1.75. The fourth-order valence-electron chi connectivity index (χ4n) is 2.86. The maximum absolute atomic E-state index is 11.8. The van der Waals surface area contributed by atoms with Gasteiger partial charge in [-0.3, -0.25) is 9.69 Å². The van der Waals surface area contributed by atoms with Gasteiger partial charge >= 0.3 is 5.97 Å². The van der Waals surface area contributed by atoms with Crippen LogP contribution in [0.1, 0.15) is 45.4 Å². The standard InChI is InChI=1S/C13H23NO2/c1-2-3-9-16-13(15)11-6-7-12-5-4-8-14(12)10-11/h11-12H,2-10H2,1H3. The first-order valence-corrected chi connectivity index (χ1v) is 6.72. The topological polar surface area (TPSA) is 29.5 Å². The van der Waals surface area contributed by atoms with Gasteiger partial charge in [-0.2, -0.15) is 0 Å². The second-order valence-corrected chi connectivity index (χ2v) is 5.09. The Morgan fingerprint density at radius 3 is 3.06 bits per heavy atom. The lowest BCUT2D eigenvalue weighted by molar-refractivity contribution is -0.150. The molecule has 2 atom stereocenters. The Labute approximate surface area is 98.1 Å². The molecule has 0 N–H and O–H groups in total. The van der Waals surface area contributed by atoms with Crippen LogP contribution in [0.25, 0.3) is 0 Å². The summed E-state index contributed by atoms with van der Waals surface area (Å²) < 4.78 is 5.30. The van der Waals surface area contributed by atoms with Gasteiger partial charge in [0.05, 0.1) is 12.5 Å². The third kappa shape index (κ3) is 2.76. The molecule has 2 fully saturated rings. The maximum atomic E-state index is 11.8. The van der Waals surface area contributed by atoms with Gasteiger partial charge in [-0.05, 0) is 38.6 Å². The smallest absolute Gasteiger partial charge is 0.310 e. The van der Waals surface area contributed by atoms with E-state index in [1.807, 2.05) is 0 Å². The molecule has 2 rings (SSSR count). The van der Waals surface area contributed by atoms with Crippen LogP contribution in [0.5, 0.6) is 0 Å². The first-order valence-electron chi connectivity index (χ1n) is 6.72. The van der Waals surface area contributed by atoms with Crippen molar-refractivity contribution in [3.63, 3.8) is 0 Å². The molecule has 2 aliphatic heterocycles. The summed E-state index contributed by atoms with van der Waals surface area (Å²) in [5.41, 5.74) is 0. The van der Waals surface area contributed by atoms with Crippen molar-refractivity contribution in [3.8, 4) is 0 Å². The third-order valence-electron chi connectivity index (χ3n) is 3.88. The number of unbranched alkanes of at least 4 members (excludes halogenated alkanes) is 1. The van der Waals surface area contributed by atoms with Crippen molar-refractivity contribution >= 4 is 5.97 Å². The van der Waals surface area contributed by atoms with Crippen LogP contribution in [0.2, 0.25) is 0 Å². The summed E-state index contributed by atoms with van der Waals surface area (Å²) in [6, 6.07) is 0.764. The number of nitrogens with zero attached hydrogens (tertiary/aromatic N) is 1. The molecule has 0 amide bonds. The van der Waals surface area contributed by atoms with Crippen molar-refractivity contribution < 1.29 is 9.53 Å². The highest BCUT2D eigenvalue weighted by Gasteiger charge is 2.34. The highest BCUT2D eigenvalue weighted by Crippen LogP contribution is 2.30. The SMILES string of the molecule is CCCCOC(=O)C1CCC2CCCN2C1. The number of fused-ring (bicyclic) bond motifs is 1. The second kappa shape index (κ2) is 5.67. The predicted octanol–water partition coefficient (Wildman–Crippen LogP) is 2.20. The number of piperidine rings is 1. The fraction of sp³-hybridized carbons (Fsp3) is 0.923. The zero-order valence-corrected chi connectivity index (χ0v) is 10.3. The molecule has 2 heterocycles. The number of carbonyl (C=O) groups is 1. The van der Waals surface area contributed by atoms with Crippen molar-refractivity contribution in [1.82, 2.24) is 4.90 Å². The minimum Gasteiger partial charge on any atom is -0.465 e. The van der Waals surface area contributed by atoms with E-state index >= 15 is 0 Å². The Morgan fingerprint density at radius 1 is 1.38 bits per heavy atom. The lowest BCUT2D eigenvalue weighted by Gasteiger charge is -2.33. The van der Waals surface area contributed by atoms with Crippen LogP contribution in [-0.2, 0) is 9.53 Å². The van der Waals surface area contributed by atoms with Crippen LogP contribution in [0.4, 0.5) is 0 Å². The lowest BCUT2D eigenvalue weighted by atomic mass is 9.93. The molecule has 2 unspecified atom stereocenters. The molecule has 0 aromatic rings. The Bertz CT molecular complexity index is 242. The van der Waals surface area contributed by atoms with Gasteiger partial charge in [0, 0.05) is 12.6 Å². The monoisotopic (exact) mass is 225 g/mol. The van der Waals surface area contributed by atoms with E-state index in [0.29, 0.717) is 6.61 Å². The van der Waals surface area contributed by atoms with Gasteiger partial charge in [0.15, 0.2) is 0 Å². The van der Waals surface area contributed by atoms with Crippen LogP contribution < -0.4 is 0 Å². The molecule has 16 heavy (non-hydrogen) atoms. The van der Waals surface area contributed by atoms with Crippen molar-refractivity contribution in [2.45, 2.75) is 51.5 Å². The summed E-state index contributed by atoms with van der Waals surface area (Å²) in [4.78, 5) is 14.3. The van der Waals surface area contributed by atoms with Gasteiger partial charge in [0.1, 0.15) is 0 Å². The normalized spacial score (nSPS) is 30.1. The number of rotatable bonds is 4. The molecular formula is C13H23NO2. The predicted molar refractivity (Wildman–Crippen MR) is 63.2 cm³/mol. The zero-order chi connectivity index (χ0) is 11.4. The molecule has 0 aliphatic carbocycles. The van der Waals surface area contributed by atoms with E-state index in [1.165, 1.54) is 25.8 Å². The Kier molecular flexibility index (Phi) is 4.22. The quantitative estimate of drug-likeness (QED) is 0.542. The summed E-state index contributed by atoms with van der Waals surface area (Å²) >= 11 is 0. The summed E-state index contributed by atoms with van der Waals surface area (Å²) in [5, 5.41) is 0. The minimum absolute atomic E-state index is 0.0406. The number of carbonyl (C=O) groups excluding carboxylic acids is 1. The van der Waals surface area contributed by atoms with Crippen molar-refractivity contribution in [1.29, 1.82) is 0 Å². The van der Waals surface area contributed by atoms with E-state index in [0.717, 1.165) is 31.8 Å². The molecule has 0 aromatic heterocycles. The van der Waals surface area contributed by atoms with Gasteiger partial charge in [-0.25, -0.2) is 0 Å². The van der Waals surface area contributed by atoms with Crippen LogP contribution >= 0.6 is 0 Å². The minimum atomic E-state index is 0.0406. The maximum Gasteiger partial charge on any atom is 0.310 e. The van der Waals surface area contributed by atoms with Crippen molar-refractivity contribution in [2.75, 3.05) is 19.7 Å². The molecule has 92 valence electrons. The molecule has 0 spiro atoms. The molecule has 0 bridgehead atoms. The Morgan fingerprint density at radius 2 is 2.25 bits per heavy atom. The van der Waals surface area contributed by atoms with Crippen molar-refractivity contribution in [2.24, 2.45) is 5.92 Å².